The van der Waals surface area contributed by atoms with Gasteiger partial charge in [0, 0.05) is 25.5 Å². The van der Waals surface area contributed by atoms with Crippen molar-refractivity contribution in [1.82, 2.24) is 24.4 Å². The molecule has 8 heteroatoms. The Morgan fingerprint density at radius 2 is 2.10 bits per heavy atom. The van der Waals surface area contributed by atoms with Crippen molar-refractivity contribution in [3.8, 4) is 0 Å². The zero-order chi connectivity index (χ0) is 20.8. The second-order valence-corrected chi connectivity index (χ2v) is 10.6. The van der Waals surface area contributed by atoms with Gasteiger partial charge in [0.25, 0.3) is 0 Å². The van der Waals surface area contributed by atoms with Gasteiger partial charge in [-0.2, -0.15) is 10.1 Å². The summed E-state index contributed by atoms with van der Waals surface area (Å²) in [6.07, 6.45) is 17.0. The molecule has 31 heavy (non-hydrogen) atoms. The third kappa shape index (κ3) is 3.81. The van der Waals surface area contributed by atoms with Crippen LogP contribution in [0.25, 0.3) is 5.65 Å². The third-order valence-corrected chi connectivity index (χ3v) is 8.40. The van der Waals surface area contributed by atoms with Gasteiger partial charge in [0.2, 0.25) is 5.95 Å². The van der Waals surface area contributed by atoms with Crippen LogP contribution in [0.4, 0.5) is 17.3 Å². The molecule has 4 saturated carbocycles. The number of aromatic nitrogens is 5. The minimum Gasteiger partial charge on any atom is -0.368 e. The van der Waals surface area contributed by atoms with Gasteiger partial charge in [-0.3, -0.25) is 4.68 Å². The number of nitrogens with one attached hydrogen (secondary N) is 1. The lowest BCUT2D eigenvalue weighted by atomic mass is 9.69. The number of alkyl halides is 1. The zero-order valence-corrected chi connectivity index (χ0v) is 20.0. The molecule has 4 aliphatic rings. The molecule has 0 aliphatic heterocycles. The van der Waals surface area contributed by atoms with Crippen molar-refractivity contribution in [2.24, 2.45) is 17.3 Å². The second kappa shape index (κ2) is 7.94. The SMILES string of the molecule is ICn1cc(Nc2nc3c(N(CC4CCCC4)CC45CCC(C4)C5)cccn3n2)cn1. The molecule has 0 amide bonds. The maximum absolute atomic E-state index is 4.91. The van der Waals surface area contributed by atoms with Crippen molar-refractivity contribution in [2.75, 3.05) is 23.3 Å². The number of hydrogen-bond donors (Lipinski definition) is 1. The van der Waals surface area contributed by atoms with E-state index in [1.165, 1.54) is 63.6 Å². The molecule has 0 unspecified atom stereocenters. The Bertz CT molecular complexity index is 1060. The van der Waals surface area contributed by atoms with Crippen LogP contribution in [-0.4, -0.2) is 37.5 Å². The van der Waals surface area contributed by atoms with Crippen LogP contribution < -0.4 is 10.2 Å². The minimum absolute atomic E-state index is 0.547. The lowest BCUT2D eigenvalue weighted by Crippen LogP contribution is -2.43. The lowest BCUT2D eigenvalue weighted by molar-refractivity contribution is 0.150. The Morgan fingerprint density at radius 3 is 2.84 bits per heavy atom. The normalized spacial score (nSPS) is 25.3. The van der Waals surface area contributed by atoms with Crippen LogP contribution in [0.3, 0.4) is 0 Å². The fourth-order valence-corrected chi connectivity index (χ4v) is 6.64. The largest absolute Gasteiger partial charge is 0.368 e. The molecule has 164 valence electrons. The van der Waals surface area contributed by atoms with E-state index in [1.807, 2.05) is 27.8 Å². The average molecular weight is 531 g/mol. The van der Waals surface area contributed by atoms with Crippen LogP contribution in [0, 0.1) is 17.3 Å². The smallest absolute Gasteiger partial charge is 0.247 e. The molecule has 7 rings (SSSR count). The maximum atomic E-state index is 4.91. The van der Waals surface area contributed by atoms with Gasteiger partial charge in [0.05, 0.1) is 22.1 Å². The summed E-state index contributed by atoms with van der Waals surface area (Å²) in [6, 6.07) is 4.37. The third-order valence-electron chi connectivity index (χ3n) is 7.70. The Labute approximate surface area is 196 Å². The summed E-state index contributed by atoms with van der Waals surface area (Å²) in [5, 5.41) is 12.4. The Hall–Kier alpha value is -1.84. The highest BCUT2D eigenvalue weighted by Gasteiger charge is 2.51. The number of nitrogens with zero attached hydrogens (tertiary/aromatic N) is 6. The Morgan fingerprint density at radius 1 is 1.23 bits per heavy atom. The first-order chi connectivity index (χ1) is 15.2. The van der Waals surface area contributed by atoms with Crippen LogP contribution in [0.1, 0.15) is 51.4 Å². The van der Waals surface area contributed by atoms with E-state index in [9.17, 15) is 0 Å². The molecule has 0 saturated heterocycles. The molecule has 4 aliphatic carbocycles. The first kappa shape index (κ1) is 19.8. The summed E-state index contributed by atoms with van der Waals surface area (Å²) in [6.45, 7) is 2.34. The molecule has 3 aromatic heterocycles. The highest BCUT2D eigenvalue weighted by Crippen LogP contribution is 2.59. The highest BCUT2D eigenvalue weighted by atomic mass is 127. The second-order valence-electron chi connectivity index (χ2n) is 9.95. The molecule has 3 heterocycles. The topological polar surface area (TPSA) is 63.3 Å². The number of hydrogen-bond acceptors (Lipinski definition) is 5. The summed E-state index contributed by atoms with van der Waals surface area (Å²) < 4.78 is 4.64. The molecule has 3 aromatic rings. The lowest BCUT2D eigenvalue weighted by Gasteiger charge is -2.43. The van der Waals surface area contributed by atoms with Gasteiger partial charge in [-0.05, 0) is 67.9 Å². The van der Waals surface area contributed by atoms with E-state index in [-0.39, 0.29) is 0 Å². The van der Waals surface area contributed by atoms with Crippen molar-refractivity contribution < 1.29 is 0 Å². The van der Waals surface area contributed by atoms with Crippen molar-refractivity contribution >= 4 is 45.6 Å². The van der Waals surface area contributed by atoms with Crippen LogP contribution in [0.5, 0.6) is 0 Å². The summed E-state index contributed by atoms with van der Waals surface area (Å²) in [7, 11) is 0. The van der Waals surface area contributed by atoms with E-state index in [0.29, 0.717) is 11.4 Å². The number of rotatable bonds is 8. The zero-order valence-electron chi connectivity index (χ0n) is 17.9. The molecular weight excluding hydrogens is 501 g/mol. The van der Waals surface area contributed by atoms with Gasteiger partial charge >= 0.3 is 0 Å². The molecule has 7 nitrogen and oxygen atoms in total. The number of fused-ring (bicyclic) bond motifs is 2. The summed E-state index contributed by atoms with van der Waals surface area (Å²) >= 11 is 2.30. The highest BCUT2D eigenvalue weighted by molar-refractivity contribution is 14.1. The van der Waals surface area contributed by atoms with Gasteiger partial charge < -0.3 is 10.2 Å². The molecular formula is C23H30IN7. The van der Waals surface area contributed by atoms with E-state index >= 15 is 0 Å². The molecule has 2 bridgehead atoms. The molecule has 0 radical (unpaired) electrons. The summed E-state index contributed by atoms with van der Waals surface area (Å²) in [5.41, 5.74) is 3.66. The van der Waals surface area contributed by atoms with Crippen LogP contribution >= 0.6 is 22.6 Å². The van der Waals surface area contributed by atoms with E-state index in [2.05, 4.69) is 50.0 Å². The van der Waals surface area contributed by atoms with Crippen LogP contribution in [-0.2, 0) is 4.55 Å². The first-order valence-electron chi connectivity index (χ1n) is 11.7. The first-order valence-corrected chi connectivity index (χ1v) is 13.2. The fraction of sp³-hybridized carbons (Fsp3) is 0.609. The standard InChI is InChI=1S/C23H30IN7/c24-16-30-14-19(12-25-30)26-22-27-21-20(6-3-9-31(21)28-22)29(13-17-4-1-2-5-17)15-23-8-7-18(10-23)11-23/h3,6,9,12,14,17-18H,1-2,4-5,7-8,10-11,13,15-16H2,(H,26,28). The van der Waals surface area contributed by atoms with Gasteiger partial charge in [-0.1, -0.05) is 35.4 Å². The Balaban J connectivity index is 1.30. The maximum Gasteiger partial charge on any atom is 0.247 e. The fourth-order valence-electron chi connectivity index (χ4n) is 6.26. The van der Waals surface area contributed by atoms with Crippen molar-refractivity contribution in [3.05, 3.63) is 30.7 Å². The van der Waals surface area contributed by atoms with Crippen molar-refractivity contribution in [1.29, 1.82) is 0 Å². The van der Waals surface area contributed by atoms with E-state index in [0.717, 1.165) is 34.3 Å². The molecule has 0 spiro atoms. The van der Waals surface area contributed by atoms with Gasteiger partial charge in [-0.15, -0.1) is 5.10 Å². The van der Waals surface area contributed by atoms with Crippen LogP contribution in [0.2, 0.25) is 0 Å². The van der Waals surface area contributed by atoms with Crippen LogP contribution in [0.15, 0.2) is 30.7 Å². The van der Waals surface area contributed by atoms with E-state index in [4.69, 9.17) is 10.1 Å². The van der Waals surface area contributed by atoms with Gasteiger partial charge in [0.15, 0.2) is 5.65 Å². The number of halogens is 1. The van der Waals surface area contributed by atoms with E-state index in [1.54, 1.807) is 0 Å². The predicted molar refractivity (Wildman–Crippen MR) is 131 cm³/mol. The Kier molecular flexibility index (Phi) is 5.07. The predicted octanol–water partition coefficient (Wildman–Crippen LogP) is 5.25. The molecule has 0 aromatic carbocycles. The van der Waals surface area contributed by atoms with Gasteiger partial charge in [-0.25, -0.2) is 4.52 Å². The van der Waals surface area contributed by atoms with Crippen molar-refractivity contribution in [3.63, 3.8) is 0 Å². The molecule has 1 N–H and O–H groups in total. The van der Waals surface area contributed by atoms with Gasteiger partial charge in [0.1, 0.15) is 0 Å². The number of anilines is 3. The summed E-state index contributed by atoms with van der Waals surface area (Å²) in [5.74, 6) is 2.44. The molecule has 0 atom stereocenters. The molecule has 4 fully saturated rings. The van der Waals surface area contributed by atoms with Crippen molar-refractivity contribution in [2.45, 2.75) is 55.9 Å². The summed E-state index contributed by atoms with van der Waals surface area (Å²) in [4.78, 5) is 7.57. The monoisotopic (exact) mass is 531 g/mol. The average Bonchev–Trinajstić information content (AvgIpc) is 3.55. The van der Waals surface area contributed by atoms with E-state index < -0.39 is 0 Å². The minimum atomic E-state index is 0.547. The number of pyridine rings is 1. The quantitative estimate of drug-likeness (QED) is 0.318.